The highest BCUT2D eigenvalue weighted by Gasteiger charge is 2.22. The molecule has 1 heterocycles. The van der Waals surface area contributed by atoms with E-state index < -0.39 is 0 Å². The lowest BCUT2D eigenvalue weighted by Crippen LogP contribution is -2.45. The predicted molar refractivity (Wildman–Crippen MR) is 105 cm³/mol. The molecule has 0 radical (unpaired) electrons. The average molecular weight is 379 g/mol. The lowest BCUT2D eigenvalue weighted by molar-refractivity contribution is 0.162. The Balaban J connectivity index is 0.00000264. The summed E-state index contributed by atoms with van der Waals surface area (Å²) >= 11 is 0. The first-order valence-electron chi connectivity index (χ1n) is 8.66. The predicted octanol–water partition coefficient (Wildman–Crippen LogP) is 4.16. The van der Waals surface area contributed by atoms with Gasteiger partial charge in [-0.1, -0.05) is 32.3 Å². The number of phenols is 1. The van der Waals surface area contributed by atoms with Crippen LogP contribution in [-0.4, -0.2) is 42.8 Å². The molecule has 0 amide bonds. The van der Waals surface area contributed by atoms with Crippen LogP contribution < -0.4 is 10.1 Å². The molecule has 0 aliphatic carbocycles. The molecule has 2 N–H and O–H groups in total. The van der Waals surface area contributed by atoms with Crippen LogP contribution in [0, 0.1) is 0 Å². The maximum Gasteiger partial charge on any atom is 0.161 e. The fourth-order valence-electron chi connectivity index (χ4n) is 3.15. The van der Waals surface area contributed by atoms with Crippen LogP contribution in [0.3, 0.4) is 0 Å². The monoisotopic (exact) mass is 378 g/mol. The van der Waals surface area contributed by atoms with Crippen LogP contribution >= 0.6 is 24.8 Å². The van der Waals surface area contributed by atoms with Crippen LogP contribution in [-0.2, 0) is 0 Å². The average Bonchev–Trinajstić information content (AvgIpc) is 2.55. The third-order valence-corrected chi connectivity index (χ3v) is 4.34. The van der Waals surface area contributed by atoms with Gasteiger partial charge < -0.3 is 15.2 Å². The summed E-state index contributed by atoms with van der Waals surface area (Å²) in [5.74, 6) is 0.842. The summed E-state index contributed by atoms with van der Waals surface area (Å²) in [6, 6.07) is 6.28. The number of ether oxygens (including phenoxy) is 1. The van der Waals surface area contributed by atoms with Gasteiger partial charge in [-0.05, 0) is 31.0 Å². The Hall–Kier alpha value is -0.680. The zero-order valence-corrected chi connectivity index (χ0v) is 16.4. The molecule has 1 fully saturated rings. The molecule has 4 nitrogen and oxygen atoms in total. The second-order valence-corrected chi connectivity index (χ2v) is 5.96. The normalized spacial score (nSPS) is 15.9. The summed E-state index contributed by atoms with van der Waals surface area (Å²) in [4.78, 5) is 2.56. The molecule has 1 aromatic rings. The van der Waals surface area contributed by atoms with Crippen molar-refractivity contribution in [1.29, 1.82) is 0 Å². The van der Waals surface area contributed by atoms with Crippen LogP contribution in [0.25, 0.3) is 0 Å². The molecule has 1 aromatic carbocycles. The minimum absolute atomic E-state index is 0. The van der Waals surface area contributed by atoms with E-state index in [1.165, 1.54) is 31.2 Å². The zero-order valence-electron chi connectivity index (χ0n) is 14.8. The fraction of sp³-hybridized carbons (Fsp3) is 0.667. The quantitative estimate of drug-likeness (QED) is 0.666. The van der Waals surface area contributed by atoms with Gasteiger partial charge in [-0.15, -0.1) is 24.8 Å². The van der Waals surface area contributed by atoms with Crippen LogP contribution in [0.5, 0.6) is 11.5 Å². The number of nitrogens with one attached hydrogen (secondary N) is 1. The maximum atomic E-state index is 9.92. The number of piperazine rings is 1. The molecule has 0 bridgehead atoms. The standard InChI is InChI=1S/C18H30N2O2.2ClH/c1-3-5-6-7-16(20-12-10-19-11-13-20)15-8-9-17(21)18(14-15)22-4-2;;/h8-9,14,16,19,21H,3-7,10-13H2,1-2H3;2*1H/t16-;;/m1../s1. The molecule has 2 rings (SSSR count). The minimum Gasteiger partial charge on any atom is -0.504 e. The van der Waals surface area contributed by atoms with Crippen molar-refractivity contribution in [2.75, 3.05) is 32.8 Å². The summed E-state index contributed by atoms with van der Waals surface area (Å²) in [7, 11) is 0. The number of hydrogen-bond donors (Lipinski definition) is 2. The minimum atomic E-state index is 0. The van der Waals surface area contributed by atoms with Gasteiger partial charge >= 0.3 is 0 Å². The van der Waals surface area contributed by atoms with E-state index in [1.54, 1.807) is 6.07 Å². The molecular formula is C18H32Cl2N2O2. The number of rotatable bonds is 8. The molecule has 0 aromatic heterocycles. The van der Waals surface area contributed by atoms with E-state index >= 15 is 0 Å². The van der Waals surface area contributed by atoms with E-state index in [0.717, 1.165) is 26.2 Å². The molecule has 6 heteroatoms. The highest BCUT2D eigenvalue weighted by molar-refractivity contribution is 5.85. The molecular weight excluding hydrogens is 347 g/mol. The van der Waals surface area contributed by atoms with Crippen LogP contribution in [0.1, 0.15) is 51.1 Å². The van der Waals surface area contributed by atoms with Gasteiger partial charge in [0, 0.05) is 32.2 Å². The third-order valence-electron chi connectivity index (χ3n) is 4.34. The van der Waals surface area contributed by atoms with Gasteiger partial charge in [0.15, 0.2) is 11.5 Å². The second kappa shape index (κ2) is 12.6. The SMILES string of the molecule is CCCCC[C@H](c1ccc(O)c(OCC)c1)N1CCNCC1.Cl.Cl. The van der Waals surface area contributed by atoms with Gasteiger partial charge in [0.1, 0.15) is 0 Å². The van der Waals surface area contributed by atoms with E-state index in [9.17, 15) is 5.11 Å². The number of benzene rings is 1. The van der Waals surface area contributed by atoms with Crippen LogP contribution in [0.15, 0.2) is 18.2 Å². The Morgan fingerprint density at radius 3 is 2.50 bits per heavy atom. The molecule has 0 spiro atoms. The Bertz CT molecular complexity index is 455. The van der Waals surface area contributed by atoms with Crippen molar-refractivity contribution >= 4 is 24.8 Å². The van der Waals surface area contributed by atoms with Gasteiger partial charge in [-0.3, -0.25) is 4.90 Å². The molecule has 0 saturated carbocycles. The molecule has 140 valence electrons. The van der Waals surface area contributed by atoms with Crippen molar-refractivity contribution < 1.29 is 9.84 Å². The first-order chi connectivity index (χ1) is 10.8. The number of phenolic OH excluding ortho intramolecular Hbond substituents is 1. The Morgan fingerprint density at radius 2 is 1.88 bits per heavy atom. The molecule has 1 saturated heterocycles. The summed E-state index contributed by atoms with van der Waals surface area (Å²) in [6.07, 6.45) is 4.94. The molecule has 1 atom stereocenters. The lowest BCUT2D eigenvalue weighted by atomic mass is 9.97. The van der Waals surface area contributed by atoms with E-state index in [1.807, 2.05) is 13.0 Å². The topological polar surface area (TPSA) is 44.7 Å². The van der Waals surface area contributed by atoms with Crippen molar-refractivity contribution in [3.63, 3.8) is 0 Å². The van der Waals surface area contributed by atoms with E-state index in [-0.39, 0.29) is 30.6 Å². The van der Waals surface area contributed by atoms with E-state index in [4.69, 9.17) is 4.74 Å². The van der Waals surface area contributed by atoms with Crippen LogP contribution in [0.2, 0.25) is 0 Å². The number of nitrogens with zero attached hydrogens (tertiary/aromatic N) is 1. The van der Waals surface area contributed by atoms with Gasteiger partial charge in [-0.25, -0.2) is 0 Å². The second-order valence-electron chi connectivity index (χ2n) is 5.96. The van der Waals surface area contributed by atoms with Crippen molar-refractivity contribution in [1.82, 2.24) is 10.2 Å². The fourth-order valence-corrected chi connectivity index (χ4v) is 3.15. The summed E-state index contributed by atoms with van der Waals surface area (Å²) in [6.45, 7) is 9.05. The highest BCUT2D eigenvalue weighted by atomic mass is 35.5. The van der Waals surface area contributed by atoms with Gasteiger partial charge in [0.2, 0.25) is 0 Å². The molecule has 24 heavy (non-hydrogen) atoms. The van der Waals surface area contributed by atoms with E-state index in [2.05, 4.69) is 23.2 Å². The van der Waals surface area contributed by atoms with Crippen molar-refractivity contribution in [2.45, 2.75) is 45.6 Å². The largest absolute Gasteiger partial charge is 0.504 e. The summed E-state index contributed by atoms with van der Waals surface area (Å²) < 4.78 is 5.56. The Kier molecular flexibility index (Phi) is 12.3. The maximum absolute atomic E-state index is 9.92. The molecule has 1 aliphatic rings. The van der Waals surface area contributed by atoms with Crippen molar-refractivity contribution in [3.8, 4) is 11.5 Å². The first-order valence-corrected chi connectivity index (χ1v) is 8.66. The number of aromatic hydroxyl groups is 1. The molecule has 0 unspecified atom stereocenters. The summed E-state index contributed by atoms with van der Waals surface area (Å²) in [5.41, 5.74) is 1.26. The van der Waals surface area contributed by atoms with Gasteiger partial charge in [0.25, 0.3) is 0 Å². The Labute approximate surface area is 158 Å². The summed E-state index contributed by atoms with van der Waals surface area (Å²) in [5, 5.41) is 13.3. The number of hydrogen-bond acceptors (Lipinski definition) is 4. The molecule has 1 aliphatic heterocycles. The van der Waals surface area contributed by atoms with Crippen LogP contribution in [0.4, 0.5) is 0 Å². The Morgan fingerprint density at radius 1 is 1.17 bits per heavy atom. The zero-order chi connectivity index (χ0) is 15.8. The van der Waals surface area contributed by atoms with Crippen molar-refractivity contribution in [3.05, 3.63) is 23.8 Å². The van der Waals surface area contributed by atoms with Gasteiger partial charge in [-0.2, -0.15) is 0 Å². The smallest absolute Gasteiger partial charge is 0.161 e. The van der Waals surface area contributed by atoms with Gasteiger partial charge in [0.05, 0.1) is 6.61 Å². The van der Waals surface area contributed by atoms with E-state index in [0.29, 0.717) is 18.4 Å². The van der Waals surface area contributed by atoms with Crippen molar-refractivity contribution in [2.24, 2.45) is 0 Å². The highest BCUT2D eigenvalue weighted by Crippen LogP contribution is 2.34. The first kappa shape index (κ1) is 23.3. The number of halogens is 2. The lowest BCUT2D eigenvalue weighted by Gasteiger charge is -2.35. The number of unbranched alkanes of at least 4 members (excludes halogenated alkanes) is 2. The third kappa shape index (κ3) is 6.67.